The zero-order chi connectivity index (χ0) is 15.7. The molecular formula is C14H11N3O4S. The van der Waals surface area contributed by atoms with E-state index in [4.69, 9.17) is 4.74 Å². The highest BCUT2D eigenvalue weighted by atomic mass is 32.1. The Morgan fingerprint density at radius 3 is 3.00 bits per heavy atom. The van der Waals surface area contributed by atoms with E-state index in [1.165, 1.54) is 33.9 Å². The molecule has 0 aliphatic rings. The van der Waals surface area contributed by atoms with Gasteiger partial charge in [0.15, 0.2) is 4.96 Å². The number of hydrogen-bond acceptors (Lipinski definition) is 6. The Labute approximate surface area is 128 Å². The standard InChI is InChI=1S/C14H11N3O4S/c1-9-8-22-14-15-10(5-13(18)16(9)14)7-21-12-4-2-3-11(6-12)17(19)20/h2-6,8H,7H2,1H3. The number of fused-ring (bicyclic) bond motifs is 1. The number of benzene rings is 1. The quantitative estimate of drug-likeness (QED) is 0.545. The zero-order valence-corrected chi connectivity index (χ0v) is 12.4. The van der Waals surface area contributed by atoms with Crippen LogP contribution in [0.15, 0.2) is 40.5 Å². The second-order valence-electron chi connectivity index (χ2n) is 4.62. The Kier molecular flexibility index (Phi) is 3.60. The molecular weight excluding hydrogens is 306 g/mol. The van der Waals surface area contributed by atoms with E-state index in [-0.39, 0.29) is 17.9 Å². The number of hydrogen-bond donors (Lipinski definition) is 0. The SMILES string of the molecule is Cc1csc2nc(COc3cccc([N+](=O)[O-])c3)cc(=O)n12. The number of aryl methyl sites for hydroxylation is 1. The highest BCUT2D eigenvalue weighted by Gasteiger charge is 2.09. The van der Waals surface area contributed by atoms with Crippen molar-refractivity contribution >= 4 is 22.0 Å². The monoisotopic (exact) mass is 317 g/mol. The normalized spacial score (nSPS) is 10.8. The molecule has 7 nitrogen and oxygen atoms in total. The Bertz CT molecular complexity index is 916. The fourth-order valence-corrected chi connectivity index (χ4v) is 2.91. The van der Waals surface area contributed by atoms with Crippen molar-refractivity contribution in [1.82, 2.24) is 9.38 Å². The molecule has 0 amide bonds. The van der Waals surface area contributed by atoms with E-state index in [1.54, 1.807) is 12.1 Å². The number of ether oxygens (including phenoxy) is 1. The van der Waals surface area contributed by atoms with Crippen LogP contribution in [0.2, 0.25) is 0 Å². The van der Waals surface area contributed by atoms with E-state index in [0.29, 0.717) is 16.4 Å². The van der Waals surface area contributed by atoms with Crippen molar-refractivity contribution in [2.75, 3.05) is 0 Å². The maximum atomic E-state index is 12.0. The van der Waals surface area contributed by atoms with Crippen molar-refractivity contribution < 1.29 is 9.66 Å². The van der Waals surface area contributed by atoms with Crippen molar-refractivity contribution in [3.8, 4) is 5.75 Å². The summed E-state index contributed by atoms with van der Waals surface area (Å²) in [6.45, 7) is 1.91. The summed E-state index contributed by atoms with van der Waals surface area (Å²) in [7, 11) is 0. The summed E-state index contributed by atoms with van der Waals surface area (Å²) >= 11 is 1.38. The average Bonchev–Trinajstić information content (AvgIpc) is 2.87. The molecule has 0 N–H and O–H groups in total. The summed E-state index contributed by atoms with van der Waals surface area (Å²) in [6.07, 6.45) is 0. The first kappa shape index (κ1) is 14.2. The number of aromatic nitrogens is 2. The van der Waals surface area contributed by atoms with Crippen molar-refractivity contribution in [1.29, 1.82) is 0 Å². The molecule has 1 aromatic carbocycles. The van der Waals surface area contributed by atoms with Gasteiger partial charge in [0.2, 0.25) is 0 Å². The molecule has 0 spiro atoms. The van der Waals surface area contributed by atoms with Gasteiger partial charge in [-0.05, 0) is 13.0 Å². The first-order valence-corrected chi connectivity index (χ1v) is 7.26. The largest absolute Gasteiger partial charge is 0.487 e. The van der Waals surface area contributed by atoms with Crippen LogP contribution in [0, 0.1) is 17.0 Å². The summed E-state index contributed by atoms with van der Waals surface area (Å²) in [4.78, 5) is 27.2. The van der Waals surface area contributed by atoms with E-state index in [0.717, 1.165) is 5.69 Å². The van der Waals surface area contributed by atoms with Gasteiger partial charge in [0.05, 0.1) is 16.7 Å². The predicted octanol–water partition coefficient (Wildman–Crippen LogP) is 2.55. The molecule has 2 aromatic heterocycles. The van der Waals surface area contributed by atoms with Gasteiger partial charge in [-0.25, -0.2) is 4.98 Å². The predicted molar refractivity (Wildman–Crippen MR) is 81.5 cm³/mol. The van der Waals surface area contributed by atoms with Crippen LogP contribution in [-0.4, -0.2) is 14.3 Å². The minimum absolute atomic E-state index is 0.0464. The van der Waals surface area contributed by atoms with Gasteiger partial charge >= 0.3 is 0 Å². The number of nitro groups is 1. The summed E-state index contributed by atoms with van der Waals surface area (Å²) in [5, 5.41) is 12.6. The van der Waals surface area contributed by atoms with E-state index in [1.807, 2.05) is 12.3 Å². The molecule has 0 saturated heterocycles. The number of nitro benzene ring substituents is 1. The Balaban J connectivity index is 1.83. The fraction of sp³-hybridized carbons (Fsp3) is 0.143. The fourth-order valence-electron chi connectivity index (χ4n) is 2.02. The summed E-state index contributed by atoms with van der Waals surface area (Å²) in [6, 6.07) is 7.29. The van der Waals surface area contributed by atoms with Crippen molar-refractivity contribution in [3.63, 3.8) is 0 Å². The molecule has 8 heteroatoms. The van der Waals surface area contributed by atoms with Crippen LogP contribution in [0.5, 0.6) is 5.75 Å². The van der Waals surface area contributed by atoms with Crippen molar-refractivity contribution in [2.45, 2.75) is 13.5 Å². The van der Waals surface area contributed by atoms with Gasteiger partial charge in [0.1, 0.15) is 12.4 Å². The number of nitrogens with zero attached hydrogens (tertiary/aromatic N) is 3. The second-order valence-corrected chi connectivity index (χ2v) is 5.46. The van der Waals surface area contributed by atoms with Crippen LogP contribution in [0.3, 0.4) is 0 Å². The van der Waals surface area contributed by atoms with Crippen LogP contribution in [0.1, 0.15) is 11.4 Å². The van der Waals surface area contributed by atoms with Crippen LogP contribution in [0.25, 0.3) is 4.96 Å². The van der Waals surface area contributed by atoms with E-state index in [9.17, 15) is 14.9 Å². The summed E-state index contributed by atoms with van der Waals surface area (Å²) in [5.41, 5.74) is 1.11. The van der Waals surface area contributed by atoms with Crippen LogP contribution in [-0.2, 0) is 6.61 Å². The Morgan fingerprint density at radius 2 is 2.23 bits per heavy atom. The molecule has 3 rings (SSSR count). The summed E-state index contributed by atoms with van der Waals surface area (Å²) < 4.78 is 7.01. The lowest BCUT2D eigenvalue weighted by molar-refractivity contribution is -0.384. The number of thiazole rings is 1. The third-order valence-corrected chi connectivity index (χ3v) is 3.99. The third-order valence-electron chi connectivity index (χ3n) is 3.04. The molecule has 2 heterocycles. The molecule has 22 heavy (non-hydrogen) atoms. The maximum absolute atomic E-state index is 12.0. The molecule has 3 aromatic rings. The van der Waals surface area contributed by atoms with Crippen molar-refractivity contribution in [3.05, 3.63) is 67.6 Å². The van der Waals surface area contributed by atoms with Gasteiger partial charge in [-0.15, -0.1) is 11.3 Å². The number of non-ortho nitro benzene ring substituents is 1. The van der Waals surface area contributed by atoms with E-state index < -0.39 is 4.92 Å². The molecule has 0 atom stereocenters. The lowest BCUT2D eigenvalue weighted by atomic mass is 10.3. The minimum atomic E-state index is -0.488. The lowest BCUT2D eigenvalue weighted by Crippen LogP contribution is -2.15. The highest BCUT2D eigenvalue weighted by Crippen LogP contribution is 2.20. The molecule has 0 unspecified atom stereocenters. The molecule has 0 aliphatic heterocycles. The first-order chi connectivity index (χ1) is 10.5. The van der Waals surface area contributed by atoms with E-state index in [2.05, 4.69) is 4.98 Å². The molecule has 0 aliphatic carbocycles. The van der Waals surface area contributed by atoms with Gasteiger partial charge < -0.3 is 4.74 Å². The Hall–Kier alpha value is -2.74. The molecule has 112 valence electrons. The molecule has 0 bridgehead atoms. The van der Waals surface area contributed by atoms with Crippen LogP contribution < -0.4 is 10.3 Å². The van der Waals surface area contributed by atoms with Crippen molar-refractivity contribution in [2.24, 2.45) is 0 Å². The molecule has 0 fully saturated rings. The molecule has 0 radical (unpaired) electrons. The maximum Gasteiger partial charge on any atom is 0.273 e. The van der Waals surface area contributed by atoms with Crippen LogP contribution in [0.4, 0.5) is 5.69 Å². The van der Waals surface area contributed by atoms with Gasteiger partial charge in [0.25, 0.3) is 11.2 Å². The van der Waals surface area contributed by atoms with E-state index >= 15 is 0 Å². The zero-order valence-electron chi connectivity index (χ0n) is 11.6. The van der Waals surface area contributed by atoms with Gasteiger partial charge in [-0.3, -0.25) is 19.3 Å². The Morgan fingerprint density at radius 1 is 1.41 bits per heavy atom. The average molecular weight is 317 g/mol. The van der Waals surface area contributed by atoms with Gasteiger partial charge in [0, 0.05) is 23.2 Å². The smallest absolute Gasteiger partial charge is 0.273 e. The highest BCUT2D eigenvalue weighted by molar-refractivity contribution is 7.15. The van der Waals surface area contributed by atoms with Gasteiger partial charge in [-0.1, -0.05) is 6.07 Å². The minimum Gasteiger partial charge on any atom is -0.487 e. The molecule has 0 saturated carbocycles. The third kappa shape index (κ3) is 2.68. The number of rotatable bonds is 4. The van der Waals surface area contributed by atoms with Gasteiger partial charge in [-0.2, -0.15) is 0 Å². The topological polar surface area (TPSA) is 86.7 Å². The lowest BCUT2D eigenvalue weighted by Gasteiger charge is -2.05. The van der Waals surface area contributed by atoms with Crippen LogP contribution >= 0.6 is 11.3 Å². The first-order valence-electron chi connectivity index (χ1n) is 6.38. The summed E-state index contributed by atoms with van der Waals surface area (Å²) in [5.74, 6) is 0.360. The second kappa shape index (κ2) is 5.57.